The van der Waals surface area contributed by atoms with E-state index in [2.05, 4.69) is 140 Å². The average molecular weight is 634 g/mol. The molecule has 0 saturated heterocycles. The lowest BCUT2D eigenvalue weighted by molar-refractivity contribution is 0.593. The van der Waals surface area contributed by atoms with Crippen molar-refractivity contribution in [1.29, 1.82) is 0 Å². The molecule has 48 heavy (non-hydrogen) atoms. The third-order valence-electron chi connectivity index (χ3n) is 10.8. The maximum atomic E-state index is 15.3. The number of hydrogen-bond donors (Lipinski definition) is 0. The van der Waals surface area contributed by atoms with Gasteiger partial charge in [0, 0.05) is 37.8 Å². The van der Waals surface area contributed by atoms with E-state index in [0.717, 1.165) is 49.1 Å². The monoisotopic (exact) mass is 633 g/mol. The molecule has 0 N–H and O–H groups in total. The normalized spacial score (nSPS) is 16.9. The van der Waals surface area contributed by atoms with E-state index in [9.17, 15) is 0 Å². The summed E-state index contributed by atoms with van der Waals surface area (Å²) >= 11 is 0. The van der Waals surface area contributed by atoms with Gasteiger partial charge in [0.25, 0.3) is 0 Å². The minimum atomic E-state index is -3.04. The topological polar surface area (TPSA) is 22.0 Å². The number of rotatable bonds is 3. The van der Waals surface area contributed by atoms with Crippen LogP contribution in [0.15, 0.2) is 158 Å². The van der Waals surface area contributed by atoms with Gasteiger partial charge in [0.05, 0.1) is 11.0 Å². The zero-order valence-electron chi connectivity index (χ0n) is 26.8. The summed E-state index contributed by atoms with van der Waals surface area (Å²) in [6.07, 6.45) is 0. The van der Waals surface area contributed by atoms with Crippen LogP contribution in [0.4, 0.5) is 0 Å². The van der Waals surface area contributed by atoms with E-state index in [-0.39, 0.29) is 5.41 Å². The highest BCUT2D eigenvalue weighted by Crippen LogP contribution is 2.54. The van der Waals surface area contributed by atoms with Crippen molar-refractivity contribution in [1.82, 2.24) is 4.57 Å². The summed E-state index contributed by atoms with van der Waals surface area (Å²) in [5.74, 6) is 0. The lowest BCUT2D eigenvalue weighted by Crippen LogP contribution is -2.20. The first-order chi connectivity index (χ1) is 23.4. The standard InChI is InChI=1S/C45H32NOP/c1-45(2)39-25-30(29-13-5-3-6-14-29)21-23-33(39)34-24-22-31(26-40(34)45)46-41-19-11-9-17-35(41)37-28-44-38(27-42(37)46)36-18-10-12-20-43(36)48(44,47)32-15-7-4-8-16-32/h3-28H,1-2H3. The van der Waals surface area contributed by atoms with Gasteiger partial charge in [-0.2, -0.15) is 0 Å². The van der Waals surface area contributed by atoms with Crippen LogP contribution in [-0.4, -0.2) is 4.57 Å². The molecule has 7 aromatic carbocycles. The summed E-state index contributed by atoms with van der Waals surface area (Å²) in [6.45, 7) is 4.71. The van der Waals surface area contributed by atoms with Crippen molar-refractivity contribution in [2.45, 2.75) is 19.3 Å². The maximum Gasteiger partial charge on any atom is 0.172 e. The highest BCUT2D eigenvalue weighted by atomic mass is 31.2. The molecule has 0 fully saturated rings. The third kappa shape index (κ3) is 3.61. The van der Waals surface area contributed by atoms with Gasteiger partial charge < -0.3 is 9.13 Å². The number of nitrogens with zero attached hydrogens (tertiary/aromatic N) is 1. The maximum absolute atomic E-state index is 15.3. The SMILES string of the molecule is CC1(C)c2cc(-c3ccccc3)ccc2-c2ccc(-n3c4ccccc4c4cc5c(cc43)-c3ccccc3P5(=O)c3ccccc3)cc21. The van der Waals surface area contributed by atoms with Crippen molar-refractivity contribution in [3.8, 4) is 39.1 Å². The molecule has 1 aliphatic carbocycles. The molecule has 1 aliphatic heterocycles. The van der Waals surface area contributed by atoms with E-state index in [1.54, 1.807) is 0 Å². The zero-order valence-corrected chi connectivity index (χ0v) is 27.7. The Kier molecular flexibility index (Phi) is 5.65. The van der Waals surface area contributed by atoms with Gasteiger partial charge in [-0.3, -0.25) is 0 Å². The molecule has 0 radical (unpaired) electrons. The van der Waals surface area contributed by atoms with Crippen LogP contribution in [0.2, 0.25) is 0 Å². The van der Waals surface area contributed by atoms with E-state index >= 15 is 4.57 Å². The molecule has 0 saturated carbocycles. The Labute approximate surface area is 280 Å². The van der Waals surface area contributed by atoms with Gasteiger partial charge in [-0.25, -0.2) is 0 Å². The number of benzene rings is 7. The Morgan fingerprint density at radius 3 is 1.96 bits per heavy atom. The van der Waals surface area contributed by atoms with E-state index < -0.39 is 7.14 Å². The average Bonchev–Trinajstić information content (AvgIpc) is 3.69. The summed E-state index contributed by atoms with van der Waals surface area (Å²) in [7, 11) is -3.04. The lowest BCUT2D eigenvalue weighted by atomic mass is 9.81. The second-order valence-corrected chi connectivity index (χ2v) is 16.4. The lowest BCUT2D eigenvalue weighted by Gasteiger charge is -2.23. The third-order valence-corrected chi connectivity index (χ3v) is 13.9. The highest BCUT2D eigenvalue weighted by Gasteiger charge is 2.41. The van der Waals surface area contributed by atoms with Crippen LogP contribution < -0.4 is 15.9 Å². The molecular weight excluding hydrogens is 601 g/mol. The van der Waals surface area contributed by atoms with Gasteiger partial charge in [0.1, 0.15) is 0 Å². The number of para-hydroxylation sites is 1. The first-order valence-corrected chi connectivity index (χ1v) is 18.3. The van der Waals surface area contributed by atoms with E-state index in [1.807, 2.05) is 36.4 Å². The van der Waals surface area contributed by atoms with Crippen LogP contribution in [-0.2, 0) is 9.98 Å². The van der Waals surface area contributed by atoms with Crippen molar-refractivity contribution in [3.05, 3.63) is 169 Å². The molecule has 1 atom stereocenters. The van der Waals surface area contributed by atoms with Crippen molar-refractivity contribution in [2.75, 3.05) is 0 Å². The summed E-state index contributed by atoms with van der Waals surface area (Å²) in [4.78, 5) is 0. The Bertz CT molecular complexity index is 2670. The quantitative estimate of drug-likeness (QED) is 0.178. The predicted octanol–water partition coefficient (Wildman–Crippen LogP) is 10.4. The minimum Gasteiger partial charge on any atom is -0.309 e. The molecular formula is C45H32NOP. The van der Waals surface area contributed by atoms with Crippen molar-refractivity contribution < 1.29 is 4.57 Å². The molecule has 2 heterocycles. The fourth-order valence-corrected chi connectivity index (χ4v) is 11.5. The Morgan fingerprint density at radius 1 is 0.479 bits per heavy atom. The fraction of sp³-hybridized carbons (Fsp3) is 0.0667. The first kappa shape index (κ1) is 27.7. The van der Waals surface area contributed by atoms with Gasteiger partial charge in [-0.15, -0.1) is 0 Å². The van der Waals surface area contributed by atoms with Crippen molar-refractivity contribution in [2.24, 2.45) is 0 Å². The smallest absolute Gasteiger partial charge is 0.172 e. The number of aromatic nitrogens is 1. The molecule has 1 unspecified atom stereocenters. The highest BCUT2D eigenvalue weighted by molar-refractivity contribution is 7.86. The molecule has 228 valence electrons. The Balaban J connectivity index is 1.20. The van der Waals surface area contributed by atoms with Crippen LogP contribution in [0.3, 0.4) is 0 Å². The van der Waals surface area contributed by atoms with Crippen molar-refractivity contribution in [3.63, 3.8) is 0 Å². The van der Waals surface area contributed by atoms with E-state index in [0.29, 0.717) is 0 Å². The van der Waals surface area contributed by atoms with Crippen molar-refractivity contribution >= 4 is 44.9 Å². The van der Waals surface area contributed by atoms with Gasteiger partial charge in [-0.05, 0) is 80.9 Å². The molecule has 0 spiro atoms. The second-order valence-electron chi connectivity index (χ2n) is 13.7. The van der Waals surface area contributed by atoms with Crippen LogP contribution in [0, 0.1) is 0 Å². The summed E-state index contributed by atoms with van der Waals surface area (Å²) in [5.41, 5.74) is 13.2. The van der Waals surface area contributed by atoms with Gasteiger partial charge in [0.15, 0.2) is 7.14 Å². The molecule has 1 aromatic heterocycles. The number of hydrogen-bond acceptors (Lipinski definition) is 1. The second kappa shape index (κ2) is 9.80. The summed E-state index contributed by atoms with van der Waals surface area (Å²) < 4.78 is 17.7. The minimum absolute atomic E-state index is 0.160. The molecule has 8 aromatic rings. The van der Waals surface area contributed by atoms with E-state index in [1.165, 1.54) is 38.8 Å². The van der Waals surface area contributed by atoms with Gasteiger partial charge >= 0.3 is 0 Å². The summed E-state index contributed by atoms with van der Waals surface area (Å²) in [6, 6.07) is 56.1. The van der Waals surface area contributed by atoms with Gasteiger partial charge in [0.2, 0.25) is 0 Å². The fourth-order valence-electron chi connectivity index (χ4n) is 8.45. The van der Waals surface area contributed by atoms with Crippen LogP contribution in [0.25, 0.3) is 60.9 Å². The first-order valence-electron chi connectivity index (χ1n) is 16.6. The summed E-state index contributed by atoms with van der Waals surface area (Å²) in [5, 5.41) is 5.05. The molecule has 2 nitrogen and oxygen atoms in total. The molecule has 2 aliphatic rings. The zero-order chi connectivity index (χ0) is 32.2. The molecule has 0 amide bonds. The van der Waals surface area contributed by atoms with E-state index in [4.69, 9.17) is 0 Å². The van der Waals surface area contributed by atoms with Crippen LogP contribution in [0.1, 0.15) is 25.0 Å². The molecule has 10 rings (SSSR count). The Hall–Kier alpha value is -5.43. The number of fused-ring (bicyclic) bond motifs is 9. The largest absolute Gasteiger partial charge is 0.309 e. The van der Waals surface area contributed by atoms with Gasteiger partial charge in [-0.1, -0.05) is 135 Å². The molecule has 3 heteroatoms. The molecule has 0 bridgehead atoms. The van der Waals surface area contributed by atoms with Crippen LogP contribution in [0.5, 0.6) is 0 Å². The predicted molar refractivity (Wildman–Crippen MR) is 202 cm³/mol. The van der Waals surface area contributed by atoms with Crippen LogP contribution >= 0.6 is 7.14 Å². The Morgan fingerprint density at radius 2 is 1.15 bits per heavy atom.